The van der Waals surface area contributed by atoms with Crippen LogP contribution in [0.25, 0.3) is 10.4 Å². The number of nitrogens with zero attached hydrogens (tertiary/aromatic N) is 4. The first-order valence-corrected chi connectivity index (χ1v) is 10.9. The van der Waals surface area contributed by atoms with Crippen molar-refractivity contribution in [3.8, 4) is 0 Å². The maximum atomic E-state index is 12.8. The van der Waals surface area contributed by atoms with E-state index in [1.807, 2.05) is 13.8 Å². The van der Waals surface area contributed by atoms with Gasteiger partial charge in [0.05, 0.1) is 5.57 Å². The highest BCUT2D eigenvalue weighted by Gasteiger charge is 2.50. The van der Waals surface area contributed by atoms with Crippen molar-refractivity contribution in [2.75, 3.05) is 6.61 Å². The Bertz CT molecular complexity index is 997. The molecule has 2 aliphatic rings. The van der Waals surface area contributed by atoms with E-state index in [0.29, 0.717) is 0 Å². The van der Waals surface area contributed by atoms with Crippen LogP contribution < -0.4 is 0 Å². The Morgan fingerprint density at radius 2 is 1.69 bits per heavy atom. The summed E-state index contributed by atoms with van der Waals surface area (Å²) < 4.78 is 21.5. The van der Waals surface area contributed by atoms with Gasteiger partial charge in [-0.15, -0.1) is 0 Å². The second-order valence-electron chi connectivity index (χ2n) is 9.19. The van der Waals surface area contributed by atoms with Gasteiger partial charge in [0.2, 0.25) is 0 Å². The van der Waals surface area contributed by atoms with Crippen LogP contribution in [0.4, 0.5) is 0 Å². The predicted octanol–water partition coefficient (Wildman–Crippen LogP) is 2.48. The normalized spacial score (nSPS) is 28.6. The molecule has 0 radical (unpaired) electrons. The maximum Gasteiger partial charge on any atom is 0.303 e. The van der Waals surface area contributed by atoms with Crippen molar-refractivity contribution in [2.24, 2.45) is 15.5 Å². The van der Waals surface area contributed by atoms with E-state index in [4.69, 9.17) is 24.5 Å². The number of rotatable bonds is 7. The zero-order valence-electron chi connectivity index (χ0n) is 20.5. The van der Waals surface area contributed by atoms with Gasteiger partial charge in [-0.1, -0.05) is 19.0 Å². The van der Waals surface area contributed by atoms with Crippen molar-refractivity contribution < 1.29 is 43.2 Å². The quantitative estimate of drug-likeness (QED) is 0.138. The summed E-state index contributed by atoms with van der Waals surface area (Å²) in [7, 11) is 0. The van der Waals surface area contributed by atoms with E-state index >= 15 is 0 Å². The predicted molar refractivity (Wildman–Crippen MR) is 120 cm³/mol. The van der Waals surface area contributed by atoms with Crippen LogP contribution in [-0.2, 0) is 38.1 Å². The van der Waals surface area contributed by atoms with Crippen LogP contribution >= 0.6 is 0 Å². The molecule has 0 saturated carbocycles. The third-order valence-electron chi connectivity index (χ3n) is 5.41. The summed E-state index contributed by atoms with van der Waals surface area (Å²) >= 11 is 0. The van der Waals surface area contributed by atoms with Gasteiger partial charge in [0, 0.05) is 44.2 Å². The Labute approximate surface area is 202 Å². The fourth-order valence-electron chi connectivity index (χ4n) is 4.17. The number of ether oxygens (including phenoxy) is 4. The molecule has 1 fully saturated rings. The van der Waals surface area contributed by atoms with Crippen molar-refractivity contribution in [3.63, 3.8) is 0 Å². The third kappa shape index (κ3) is 7.27. The molecule has 0 amide bonds. The highest BCUT2D eigenvalue weighted by molar-refractivity contribution is 6.22. The SMILES string of the molecule is CC(=O)OC[C@H]1O[C@H](N=[N+]=[N-])[C@H](N=C(C)C2=C(O)CC(C)(C)CC2=O)[C@@H](OC(C)=O)[C@@H]1OC(C)=O. The molecule has 0 aromatic rings. The maximum absolute atomic E-state index is 12.8. The van der Waals surface area contributed by atoms with Crippen molar-refractivity contribution >= 4 is 29.4 Å². The van der Waals surface area contributed by atoms with Gasteiger partial charge in [-0.05, 0) is 17.9 Å². The van der Waals surface area contributed by atoms with Gasteiger partial charge in [-0.3, -0.25) is 24.2 Å². The molecule has 5 atom stereocenters. The first-order valence-electron chi connectivity index (χ1n) is 10.9. The Morgan fingerprint density at radius 1 is 1.09 bits per heavy atom. The molecule has 0 unspecified atom stereocenters. The molecule has 192 valence electrons. The summed E-state index contributed by atoms with van der Waals surface area (Å²) in [5.41, 5.74) is 8.77. The monoisotopic (exact) mass is 494 g/mol. The van der Waals surface area contributed by atoms with Crippen molar-refractivity contribution in [2.45, 2.75) is 85.0 Å². The van der Waals surface area contributed by atoms with E-state index in [2.05, 4.69) is 15.0 Å². The zero-order chi connectivity index (χ0) is 26.5. The highest BCUT2D eigenvalue weighted by Crippen LogP contribution is 2.37. The molecule has 2 rings (SSSR count). The second kappa shape index (κ2) is 11.3. The van der Waals surface area contributed by atoms with Crippen LogP contribution in [0.5, 0.6) is 0 Å². The molecule has 0 bridgehead atoms. The molecule has 0 aromatic carbocycles. The molecule has 1 heterocycles. The van der Waals surface area contributed by atoms with Gasteiger partial charge in [-0.2, -0.15) is 0 Å². The number of allylic oxidation sites excluding steroid dienone is 2. The third-order valence-corrected chi connectivity index (χ3v) is 5.41. The van der Waals surface area contributed by atoms with Gasteiger partial charge >= 0.3 is 17.9 Å². The van der Waals surface area contributed by atoms with Crippen molar-refractivity contribution in [1.82, 2.24) is 0 Å². The van der Waals surface area contributed by atoms with Gasteiger partial charge in [0.15, 0.2) is 24.2 Å². The molecule has 0 aromatic heterocycles. The number of hydrogen-bond acceptors (Lipinski definition) is 11. The Balaban J connectivity index is 2.58. The van der Waals surface area contributed by atoms with E-state index < -0.39 is 60.5 Å². The minimum absolute atomic E-state index is 0.0108. The average Bonchev–Trinajstić information content (AvgIpc) is 2.68. The van der Waals surface area contributed by atoms with Crippen LogP contribution in [0.1, 0.15) is 54.4 Å². The number of carbonyl (C=O) groups is 4. The standard InChI is InChI=1S/C22H30N4O9/c1-10(17-14(30)7-22(5,6)8-15(17)31)24-18-20(34-13(4)29)19(33-12(3)28)16(9-32-11(2)27)35-21(18)25-26-23/h16,18-21,30H,7-9H2,1-6H3/t16-,18-,19-,20-,21+/m1/s1. The smallest absolute Gasteiger partial charge is 0.303 e. The second-order valence-corrected chi connectivity index (χ2v) is 9.19. The van der Waals surface area contributed by atoms with Crippen LogP contribution in [-0.4, -0.2) is 71.7 Å². The lowest BCUT2D eigenvalue weighted by Gasteiger charge is -2.42. The molecule has 35 heavy (non-hydrogen) atoms. The summed E-state index contributed by atoms with van der Waals surface area (Å²) in [6, 6.07) is -1.25. The molecule has 1 saturated heterocycles. The lowest BCUT2D eigenvalue weighted by Crippen LogP contribution is -2.60. The van der Waals surface area contributed by atoms with Crippen molar-refractivity contribution in [3.05, 3.63) is 21.8 Å². The molecule has 1 aliphatic carbocycles. The summed E-state index contributed by atoms with van der Waals surface area (Å²) in [6.45, 7) is 8.20. The van der Waals surface area contributed by atoms with E-state index in [9.17, 15) is 24.3 Å². The largest absolute Gasteiger partial charge is 0.511 e. The summed E-state index contributed by atoms with van der Waals surface area (Å²) in [4.78, 5) is 55.1. The van der Waals surface area contributed by atoms with Crippen LogP contribution in [0.2, 0.25) is 0 Å². The summed E-state index contributed by atoms with van der Waals surface area (Å²) in [6.07, 6.45) is -4.73. The molecule has 1 aliphatic heterocycles. The number of aliphatic imine (C=N–C) groups is 1. The fraction of sp³-hybridized carbons (Fsp3) is 0.682. The Kier molecular flexibility index (Phi) is 9.00. The van der Waals surface area contributed by atoms with Crippen LogP contribution in [0.3, 0.4) is 0 Å². The number of ketones is 1. The molecule has 1 N–H and O–H groups in total. The lowest BCUT2D eigenvalue weighted by atomic mass is 9.75. The molecule has 13 heteroatoms. The summed E-state index contributed by atoms with van der Waals surface area (Å²) in [5, 5.41) is 14.1. The minimum Gasteiger partial charge on any atom is -0.511 e. The number of azide groups is 1. The number of hydrogen-bond donors (Lipinski definition) is 1. The lowest BCUT2D eigenvalue weighted by molar-refractivity contribution is -0.219. The Hall–Kier alpha value is -3.44. The number of esters is 3. The van der Waals surface area contributed by atoms with Gasteiger partial charge in [-0.25, -0.2) is 0 Å². The number of aliphatic hydroxyl groups is 1. The molecule has 0 spiro atoms. The highest BCUT2D eigenvalue weighted by atomic mass is 16.6. The van der Waals surface area contributed by atoms with Gasteiger partial charge in [0.1, 0.15) is 24.5 Å². The van der Waals surface area contributed by atoms with E-state index in [1.165, 1.54) is 6.92 Å². The van der Waals surface area contributed by atoms with Crippen molar-refractivity contribution in [1.29, 1.82) is 0 Å². The van der Waals surface area contributed by atoms with E-state index in [0.717, 1.165) is 20.8 Å². The van der Waals surface area contributed by atoms with Gasteiger partial charge in [0.25, 0.3) is 0 Å². The Morgan fingerprint density at radius 3 is 2.20 bits per heavy atom. The molecule has 13 nitrogen and oxygen atoms in total. The molecular weight excluding hydrogens is 464 g/mol. The van der Waals surface area contributed by atoms with E-state index in [-0.39, 0.29) is 35.7 Å². The zero-order valence-corrected chi connectivity index (χ0v) is 20.5. The topological polar surface area (TPSA) is 187 Å². The van der Waals surface area contributed by atoms with Gasteiger partial charge < -0.3 is 24.1 Å². The first-order chi connectivity index (χ1) is 16.3. The fourth-order valence-corrected chi connectivity index (χ4v) is 4.17. The average molecular weight is 495 g/mol. The first kappa shape index (κ1) is 27.8. The minimum atomic E-state index is -1.38. The van der Waals surface area contributed by atoms with Crippen LogP contribution in [0, 0.1) is 5.41 Å². The summed E-state index contributed by atoms with van der Waals surface area (Å²) in [5.74, 6) is -2.61. The van der Waals surface area contributed by atoms with Crippen LogP contribution in [0.15, 0.2) is 21.4 Å². The number of Topliss-reactive ketones (excluding diaryl/α,β-unsaturated/α-hetero) is 1. The van der Waals surface area contributed by atoms with E-state index in [1.54, 1.807) is 0 Å². The molecular formula is C22H30N4O9. The number of aliphatic hydroxyl groups excluding tert-OH is 1. The number of carbonyl (C=O) groups excluding carboxylic acids is 4.